The van der Waals surface area contributed by atoms with Gasteiger partial charge in [0.1, 0.15) is 0 Å². The van der Waals surface area contributed by atoms with Gasteiger partial charge in [0.25, 0.3) is 0 Å². The molecule has 13 heavy (non-hydrogen) atoms. The molecule has 0 rings (SSSR count). The number of esters is 1. The Morgan fingerprint density at radius 1 is 1.38 bits per heavy atom. The summed E-state index contributed by atoms with van der Waals surface area (Å²) in [6.07, 6.45) is -0.692. The summed E-state index contributed by atoms with van der Waals surface area (Å²) in [5.41, 5.74) is 0. The van der Waals surface area contributed by atoms with Gasteiger partial charge in [-0.25, -0.2) is 4.79 Å². The van der Waals surface area contributed by atoms with Crippen molar-refractivity contribution in [2.24, 2.45) is 0 Å². The summed E-state index contributed by atoms with van der Waals surface area (Å²) in [7, 11) is 3.70. The number of carbonyl (C=O) groups excluding carboxylic acids is 1. The molecule has 0 saturated heterocycles. The van der Waals surface area contributed by atoms with Gasteiger partial charge in [-0.1, -0.05) is 0 Å². The largest absolute Gasteiger partial charge is 0.445 e. The normalized spacial score (nSPS) is 15.5. The molecule has 0 radical (unpaired) electrons. The maximum Gasteiger partial charge on any atom is 0.336 e. The van der Waals surface area contributed by atoms with Crippen molar-refractivity contribution in [3.63, 3.8) is 0 Å². The van der Waals surface area contributed by atoms with Crippen LogP contribution in [0.4, 0.5) is 0 Å². The second-order valence-electron chi connectivity index (χ2n) is 3.10. The average Bonchev–Trinajstić information content (AvgIpc) is 2.04. The zero-order valence-corrected chi connectivity index (χ0v) is 9.03. The molecule has 0 fully saturated rings. The van der Waals surface area contributed by atoms with Crippen LogP contribution in [0.3, 0.4) is 0 Å². The monoisotopic (exact) mass is 189 g/mol. The van der Waals surface area contributed by atoms with Crippen molar-refractivity contribution in [3.8, 4) is 0 Å². The zero-order valence-electron chi connectivity index (χ0n) is 9.03. The van der Waals surface area contributed by atoms with Crippen LogP contribution in [0.25, 0.3) is 0 Å². The predicted octanol–water partition coefficient (Wildman–Crippen LogP) is 0.862. The molecule has 0 N–H and O–H groups in total. The fraction of sp³-hybridized carbons (Fsp3) is 0.889. The second kappa shape index (κ2) is 5.94. The van der Waals surface area contributed by atoms with Gasteiger partial charge in [0.05, 0.1) is 0 Å². The number of rotatable bonds is 5. The fourth-order valence-electron chi connectivity index (χ4n) is 0.687. The minimum Gasteiger partial charge on any atom is -0.445 e. The van der Waals surface area contributed by atoms with E-state index in [-0.39, 0.29) is 12.2 Å². The van der Waals surface area contributed by atoms with Crippen molar-refractivity contribution in [1.29, 1.82) is 0 Å². The molecule has 0 aliphatic carbocycles. The van der Waals surface area contributed by atoms with Gasteiger partial charge in [0, 0.05) is 6.61 Å². The van der Waals surface area contributed by atoms with E-state index in [2.05, 4.69) is 0 Å². The van der Waals surface area contributed by atoms with Crippen molar-refractivity contribution in [2.45, 2.75) is 33.1 Å². The Morgan fingerprint density at radius 3 is 2.31 bits per heavy atom. The summed E-state index contributed by atoms with van der Waals surface area (Å²) in [5, 5.41) is 0. The van der Waals surface area contributed by atoms with Crippen LogP contribution in [-0.4, -0.2) is 43.9 Å². The number of hydrogen-bond donors (Lipinski definition) is 0. The van der Waals surface area contributed by atoms with Crippen LogP contribution < -0.4 is 0 Å². The molecule has 0 spiro atoms. The molecule has 78 valence electrons. The third-order valence-electron chi connectivity index (χ3n) is 1.76. The maximum absolute atomic E-state index is 11.3. The minimum atomic E-state index is -0.479. The summed E-state index contributed by atoms with van der Waals surface area (Å²) in [5.74, 6) is -0.317. The molecule has 0 aliphatic rings. The standard InChI is InChI=1S/C9H19NO3/c1-6-12-7(2)9(11)13-8(3)10(4)5/h7-8H,6H2,1-5H3. The first-order valence-electron chi connectivity index (χ1n) is 4.47. The lowest BCUT2D eigenvalue weighted by molar-refractivity contribution is -0.167. The van der Waals surface area contributed by atoms with Gasteiger partial charge in [0.2, 0.25) is 0 Å². The minimum absolute atomic E-state index is 0.213. The molecule has 2 atom stereocenters. The number of hydrogen-bond acceptors (Lipinski definition) is 4. The van der Waals surface area contributed by atoms with Crippen molar-refractivity contribution in [3.05, 3.63) is 0 Å². The van der Waals surface area contributed by atoms with E-state index in [0.717, 1.165) is 0 Å². The molecule has 0 amide bonds. The molecule has 0 aromatic rings. The van der Waals surface area contributed by atoms with Gasteiger partial charge in [0.15, 0.2) is 12.3 Å². The van der Waals surface area contributed by atoms with E-state index in [1.54, 1.807) is 6.92 Å². The number of carbonyl (C=O) groups is 1. The molecule has 2 unspecified atom stereocenters. The van der Waals surface area contributed by atoms with Gasteiger partial charge in [-0.2, -0.15) is 0 Å². The van der Waals surface area contributed by atoms with E-state index in [4.69, 9.17) is 9.47 Å². The van der Waals surface area contributed by atoms with E-state index in [9.17, 15) is 4.79 Å². The maximum atomic E-state index is 11.3. The Bertz CT molecular complexity index is 159. The first kappa shape index (κ1) is 12.4. The highest BCUT2D eigenvalue weighted by Gasteiger charge is 2.17. The van der Waals surface area contributed by atoms with Gasteiger partial charge in [-0.15, -0.1) is 0 Å². The molecule has 4 heteroatoms. The van der Waals surface area contributed by atoms with Crippen LogP contribution in [0, 0.1) is 0 Å². The number of nitrogens with zero attached hydrogens (tertiary/aromatic N) is 1. The van der Waals surface area contributed by atoms with Crippen molar-refractivity contribution >= 4 is 5.97 Å². The molecule has 4 nitrogen and oxygen atoms in total. The molecular weight excluding hydrogens is 170 g/mol. The van der Waals surface area contributed by atoms with E-state index in [0.29, 0.717) is 6.61 Å². The highest BCUT2D eigenvalue weighted by atomic mass is 16.6. The van der Waals surface area contributed by atoms with E-state index in [1.165, 1.54) is 0 Å². The molecule has 0 aliphatic heterocycles. The van der Waals surface area contributed by atoms with Crippen molar-refractivity contribution < 1.29 is 14.3 Å². The SMILES string of the molecule is CCOC(C)C(=O)OC(C)N(C)C. The van der Waals surface area contributed by atoms with Gasteiger partial charge in [-0.05, 0) is 34.9 Å². The second-order valence-corrected chi connectivity index (χ2v) is 3.10. The van der Waals surface area contributed by atoms with E-state index >= 15 is 0 Å². The lowest BCUT2D eigenvalue weighted by Crippen LogP contribution is -2.34. The first-order chi connectivity index (χ1) is 5.99. The first-order valence-corrected chi connectivity index (χ1v) is 4.47. The molecule has 0 bridgehead atoms. The summed E-state index contributed by atoms with van der Waals surface area (Å²) in [4.78, 5) is 13.1. The van der Waals surface area contributed by atoms with Crippen LogP contribution in [0.2, 0.25) is 0 Å². The van der Waals surface area contributed by atoms with E-state index in [1.807, 2.05) is 32.8 Å². The van der Waals surface area contributed by atoms with Crippen LogP contribution in [-0.2, 0) is 14.3 Å². The summed E-state index contributed by atoms with van der Waals surface area (Å²) >= 11 is 0. The van der Waals surface area contributed by atoms with Crippen LogP contribution in [0.1, 0.15) is 20.8 Å². The average molecular weight is 189 g/mol. The number of ether oxygens (including phenoxy) is 2. The molecule has 0 saturated carbocycles. The van der Waals surface area contributed by atoms with E-state index < -0.39 is 6.10 Å². The Hall–Kier alpha value is -0.610. The fourth-order valence-corrected chi connectivity index (χ4v) is 0.687. The quantitative estimate of drug-likeness (QED) is 0.475. The van der Waals surface area contributed by atoms with Crippen LogP contribution in [0.15, 0.2) is 0 Å². The highest BCUT2D eigenvalue weighted by Crippen LogP contribution is 2.00. The Kier molecular flexibility index (Phi) is 5.66. The summed E-state index contributed by atoms with van der Waals surface area (Å²) in [6, 6.07) is 0. The Labute approximate surface area is 79.8 Å². The summed E-state index contributed by atoms with van der Waals surface area (Å²) in [6.45, 7) is 5.87. The van der Waals surface area contributed by atoms with Crippen molar-refractivity contribution in [2.75, 3.05) is 20.7 Å². The lowest BCUT2D eigenvalue weighted by Gasteiger charge is -2.21. The Balaban J connectivity index is 3.85. The predicted molar refractivity (Wildman–Crippen MR) is 50.3 cm³/mol. The highest BCUT2D eigenvalue weighted by molar-refractivity contribution is 5.74. The van der Waals surface area contributed by atoms with Crippen LogP contribution >= 0.6 is 0 Å². The zero-order chi connectivity index (χ0) is 10.4. The van der Waals surface area contributed by atoms with Crippen LogP contribution in [0.5, 0.6) is 0 Å². The van der Waals surface area contributed by atoms with Gasteiger partial charge in [-0.3, -0.25) is 4.90 Å². The Morgan fingerprint density at radius 2 is 1.92 bits per heavy atom. The molecule has 0 aromatic heterocycles. The smallest absolute Gasteiger partial charge is 0.336 e. The van der Waals surface area contributed by atoms with Crippen molar-refractivity contribution in [1.82, 2.24) is 4.90 Å². The van der Waals surface area contributed by atoms with Gasteiger partial charge < -0.3 is 9.47 Å². The third-order valence-corrected chi connectivity index (χ3v) is 1.76. The molecule has 0 heterocycles. The molecule has 0 aromatic carbocycles. The molecular formula is C9H19NO3. The topological polar surface area (TPSA) is 38.8 Å². The lowest BCUT2D eigenvalue weighted by atomic mass is 10.4. The van der Waals surface area contributed by atoms with Gasteiger partial charge >= 0.3 is 5.97 Å². The summed E-state index contributed by atoms with van der Waals surface area (Å²) < 4.78 is 10.2. The third kappa shape index (κ3) is 4.85.